The highest BCUT2D eigenvalue weighted by atomic mass is 35.5. The lowest BCUT2D eigenvalue weighted by atomic mass is 10.1. The number of hydrogen-bond donors (Lipinski definition) is 1. The third kappa shape index (κ3) is 3.13. The topological polar surface area (TPSA) is 87.5 Å². The zero-order valence-electron chi connectivity index (χ0n) is 16.1. The van der Waals surface area contributed by atoms with Gasteiger partial charge in [-0.2, -0.15) is 5.10 Å². The minimum Gasteiger partial charge on any atom is -0.313 e. The van der Waals surface area contributed by atoms with Gasteiger partial charge in [0, 0.05) is 12.2 Å². The van der Waals surface area contributed by atoms with Crippen LogP contribution in [-0.4, -0.2) is 47.5 Å². The van der Waals surface area contributed by atoms with Crippen LogP contribution in [0.15, 0.2) is 24.4 Å². The second kappa shape index (κ2) is 7.12. The normalized spacial score (nSPS) is 24.6. The molecule has 0 unspecified atom stereocenters. The van der Waals surface area contributed by atoms with Crippen molar-refractivity contribution in [1.29, 1.82) is 0 Å². The van der Waals surface area contributed by atoms with Crippen molar-refractivity contribution in [1.82, 2.24) is 14.7 Å². The van der Waals surface area contributed by atoms with E-state index in [4.69, 9.17) is 11.6 Å². The Labute approximate surface area is 178 Å². The molecule has 5 rings (SSSR count). The standard InChI is InChI=1S/C19H21ClFN5O3S/c20-13-9-12(5-6-14(13)21)23-19(27)24-11-18-17(25-7-2-8-30(25,28)29)10-22-26(18)16-4-1-3-15(16)24/h5-6,9-10,15-16H,1-4,7-8,11H2,(H,23,27)/t15-,16+/m1/s1. The molecule has 3 aliphatic rings. The Morgan fingerprint density at radius 1 is 1.23 bits per heavy atom. The molecule has 30 heavy (non-hydrogen) atoms. The average Bonchev–Trinajstić information content (AvgIpc) is 3.41. The van der Waals surface area contributed by atoms with Crippen molar-refractivity contribution in [3.8, 4) is 0 Å². The summed E-state index contributed by atoms with van der Waals surface area (Å²) >= 11 is 5.83. The van der Waals surface area contributed by atoms with Crippen molar-refractivity contribution in [3.05, 3.63) is 40.9 Å². The number of urea groups is 1. The Balaban J connectivity index is 1.46. The maximum Gasteiger partial charge on any atom is 0.322 e. The first-order valence-electron chi connectivity index (χ1n) is 9.94. The first kappa shape index (κ1) is 19.6. The van der Waals surface area contributed by atoms with Gasteiger partial charge in [-0.15, -0.1) is 0 Å². The van der Waals surface area contributed by atoms with E-state index in [1.165, 1.54) is 22.5 Å². The minimum atomic E-state index is -3.35. The number of rotatable bonds is 2. The Kier molecular flexibility index (Phi) is 4.66. The number of benzene rings is 1. The molecular formula is C19H21ClFN5O3S. The third-order valence-corrected chi connectivity index (χ3v) is 8.30. The van der Waals surface area contributed by atoms with E-state index in [1.807, 2.05) is 4.68 Å². The van der Waals surface area contributed by atoms with Gasteiger partial charge in [-0.1, -0.05) is 11.6 Å². The molecule has 1 saturated carbocycles. The smallest absolute Gasteiger partial charge is 0.313 e. The number of sulfonamides is 1. The van der Waals surface area contributed by atoms with Gasteiger partial charge in [-0.3, -0.25) is 8.99 Å². The summed E-state index contributed by atoms with van der Waals surface area (Å²) in [4.78, 5) is 14.8. The maximum atomic E-state index is 13.4. The molecular weight excluding hydrogens is 433 g/mol. The fraction of sp³-hybridized carbons (Fsp3) is 0.474. The van der Waals surface area contributed by atoms with E-state index in [-0.39, 0.29) is 35.4 Å². The van der Waals surface area contributed by atoms with Crippen LogP contribution in [0, 0.1) is 5.82 Å². The number of carbonyl (C=O) groups is 1. The first-order chi connectivity index (χ1) is 14.3. The van der Waals surface area contributed by atoms with E-state index in [9.17, 15) is 17.6 Å². The van der Waals surface area contributed by atoms with Gasteiger partial charge >= 0.3 is 6.03 Å². The number of amides is 2. The van der Waals surface area contributed by atoms with E-state index in [1.54, 1.807) is 11.1 Å². The molecule has 2 aliphatic heterocycles. The zero-order valence-corrected chi connectivity index (χ0v) is 17.7. The predicted octanol–water partition coefficient (Wildman–Crippen LogP) is 3.36. The summed E-state index contributed by atoms with van der Waals surface area (Å²) in [6, 6.07) is 3.70. The molecule has 1 N–H and O–H groups in total. The van der Waals surface area contributed by atoms with Crippen LogP contribution in [-0.2, 0) is 16.6 Å². The molecule has 1 aliphatic carbocycles. The summed E-state index contributed by atoms with van der Waals surface area (Å²) < 4.78 is 41.6. The average molecular weight is 454 g/mol. The number of nitrogens with one attached hydrogen (secondary N) is 1. The van der Waals surface area contributed by atoms with E-state index >= 15 is 0 Å². The first-order valence-corrected chi connectivity index (χ1v) is 11.9. The van der Waals surface area contributed by atoms with Crippen molar-refractivity contribution in [2.75, 3.05) is 21.9 Å². The van der Waals surface area contributed by atoms with Gasteiger partial charge < -0.3 is 10.2 Å². The minimum absolute atomic E-state index is 0.00960. The summed E-state index contributed by atoms with van der Waals surface area (Å²) in [5.41, 5.74) is 1.69. The summed E-state index contributed by atoms with van der Waals surface area (Å²) in [5, 5.41) is 7.23. The maximum absolute atomic E-state index is 13.4. The second-order valence-electron chi connectivity index (χ2n) is 7.92. The van der Waals surface area contributed by atoms with Crippen LogP contribution in [0.25, 0.3) is 0 Å². The lowest BCUT2D eigenvalue weighted by Gasteiger charge is -2.39. The molecule has 11 heteroatoms. The number of halogens is 2. The van der Waals surface area contributed by atoms with Gasteiger partial charge in [0.15, 0.2) is 0 Å². The monoisotopic (exact) mass is 453 g/mol. The van der Waals surface area contributed by atoms with Gasteiger partial charge in [-0.05, 0) is 43.9 Å². The van der Waals surface area contributed by atoms with Crippen LogP contribution in [0.5, 0.6) is 0 Å². The van der Waals surface area contributed by atoms with E-state index in [0.717, 1.165) is 25.0 Å². The van der Waals surface area contributed by atoms with Gasteiger partial charge in [0.25, 0.3) is 0 Å². The highest BCUT2D eigenvalue weighted by Crippen LogP contribution is 2.42. The molecule has 1 aromatic heterocycles. The van der Waals surface area contributed by atoms with Gasteiger partial charge in [0.1, 0.15) is 5.82 Å². The second-order valence-corrected chi connectivity index (χ2v) is 10.3. The molecule has 2 aromatic rings. The fourth-order valence-corrected chi connectivity index (χ4v) is 6.53. The molecule has 3 heterocycles. The Bertz CT molecular complexity index is 1120. The van der Waals surface area contributed by atoms with Crippen LogP contribution >= 0.6 is 11.6 Å². The zero-order chi connectivity index (χ0) is 21.0. The lowest BCUT2D eigenvalue weighted by Crippen LogP contribution is -2.49. The number of carbonyl (C=O) groups excluding carboxylic acids is 1. The molecule has 8 nitrogen and oxygen atoms in total. The SMILES string of the molecule is O=C(Nc1ccc(F)c(Cl)c1)N1Cc2c(N3CCCS3(=O)=O)cnn2[C@H]2CCC[C@H]21. The van der Waals surface area contributed by atoms with Crippen LogP contribution in [0.4, 0.5) is 20.6 Å². The Hall–Kier alpha value is -2.33. The van der Waals surface area contributed by atoms with Crippen molar-refractivity contribution >= 4 is 39.0 Å². The molecule has 2 fully saturated rings. The molecule has 0 spiro atoms. The van der Waals surface area contributed by atoms with Crippen LogP contribution in [0.1, 0.15) is 37.4 Å². The van der Waals surface area contributed by atoms with Crippen LogP contribution < -0.4 is 9.62 Å². The van der Waals surface area contributed by atoms with E-state index in [0.29, 0.717) is 24.3 Å². The number of nitrogens with zero attached hydrogens (tertiary/aromatic N) is 4. The molecule has 1 aromatic carbocycles. The van der Waals surface area contributed by atoms with Gasteiger partial charge in [0.2, 0.25) is 10.0 Å². The lowest BCUT2D eigenvalue weighted by molar-refractivity contribution is 0.139. The van der Waals surface area contributed by atoms with E-state index in [2.05, 4.69) is 10.4 Å². The largest absolute Gasteiger partial charge is 0.322 e. The summed E-state index contributed by atoms with van der Waals surface area (Å²) in [7, 11) is -3.35. The summed E-state index contributed by atoms with van der Waals surface area (Å²) in [6.07, 6.45) is 4.86. The van der Waals surface area contributed by atoms with Crippen molar-refractivity contribution < 1.29 is 17.6 Å². The third-order valence-electron chi connectivity index (χ3n) is 6.15. The number of anilines is 2. The molecule has 2 atom stereocenters. The van der Waals surface area contributed by atoms with Crippen LogP contribution in [0.3, 0.4) is 0 Å². The number of aromatic nitrogens is 2. The number of hydrogen-bond acceptors (Lipinski definition) is 4. The van der Waals surface area contributed by atoms with Gasteiger partial charge in [-0.25, -0.2) is 17.6 Å². The molecule has 160 valence electrons. The van der Waals surface area contributed by atoms with Crippen molar-refractivity contribution in [2.45, 2.75) is 44.3 Å². The van der Waals surface area contributed by atoms with Crippen LogP contribution in [0.2, 0.25) is 5.02 Å². The summed E-state index contributed by atoms with van der Waals surface area (Å²) in [5.74, 6) is -0.428. The highest BCUT2D eigenvalue weighted by molar-refractivity contribution is 7.93. The van der Waals surface area contributed by atoms with Crippen molar-refractivity contribution in [3.63, 3.8) is 0 Å². The Morgan fingerprint density at radius 3 is 2.77 bits per heavy atom. The molecule has 0 bridgehead atoms. The van der Waals surface area contributed by atoms with Gasteiger partial charge in [0.05, 0.1) is 47.0 Å². The highest BCUT2D eigenvalue weighted by Gasteiger charge is 2.44. The summed E-state index contributed by atoms with van der Waals surface area (Å²) in [6.45, 7) is 0.679. The van der Waals surface area contributed by atoms with Crippen molar-refractivity contribution in [2.24, 2.45) is 0 Å². The molecule has 0 radical (unpaired) electrons. The quantitative estimate of drug-likeness (QED) is 0.755. The molecule has 2 amide bonds. The molecule has 1 saturated heterocycles. The fourth-order valence-electron chi connectivity index (χ4n) is 4.78. The Morgan fingerprint density at radius 2 is 2.03 bits per heavy atom. The number of fused-ring (bicyclic) bond motifs is 3. The predicted molar refractivity (Wildman–Crippen MR) is 111 cm³/mol. The van der Waals surface area contributed by atoms with E-state index < -0.39 is 15.8 Å².